The Balaban J connectivity index is 0.000001000. The standard InChI is InChI=1S/C9H9O.Mn/c1-8(6-7-10)9-4-2-3-5-9;/h2,5,8,10H,3H2,1H3;/q-1;. The maximum atomic E-state index is 8.27. The molecule has 0 aromatic heterocycles. The van der Waals surface area contributed by atoms with E-state index in [0.717, 1.165) is 12.0 Å². The van der Waals surface area contributed by atoms with Crippen molar-refractivity contribution in [2.24, 2.45) is 5.92 Å². The third-order valence-electron chi connectivity index (χ3n) is 1.47. The molecular weight excluding hydrogens is 179 g/mol. The van der Waals surface area contributed by atoms with E-state index in [0.29, 0.717) is 0 Å². The van der Waals surface area contributed by atoms with E-state index in [9.17, 15) is 0 Å². The summed E-state index contributed by atoms with van der Waals surface area (Å²) in [5.41, 5.74) is 4.15. The van der Waals surface area contributed by atoms with E-state index in [4.69, 9.17) is 5.11 Å². The third-order valence-corrected chi connectivity index (χ3v) is 1.47. The molecule has 0 spiro atoms. The molecule has 0 amide bonds. The van der Waals surface area contributed by atoms with Gasteiger partial charge in [0.05, 0.1) is 0 Å². The minimum absolute atomic E-state index is 0. The normalized spacial score (nSPS) is 15.2. The molecule has 0 bridgehead atoms. The molecule has 0 saturated carbocycles. The molecule has 1 nitrogen and oxygen atoms in total. The van der Waals surface area contributed by atoms with Crippen molar-refractivity contribution in [3.8, 4) is 12.0 Å². The number of hydrogen-bond donors (Lipinski definition) is 1. The molecule has 59 valence electrons. The van der Waals surface area contributed by atoms with Gasteiger partial charge in [0.15, 0.2) is 0 Å². The van der Waals surface area contributed by atoms with Crippen molar-refractivity contribution in [1.82, 2.24) is 0 Å². The van der Waals surface area contributed by atoms with Gasteiger partial charge in [0.1, 0.15) is 6.11 Å². The zero-order valence-electron chi connectivity index (χ0n) is 6.26. The van der Waals surface area contributed by atoms with Crippen LogP contribution < -0.4 is 0 Å². The fourth-order valence-corrected chi connectivity index (χ4v) is 0.898. The van der Waals surface area contributed by atoms with Gasteiger partial charge in [-0.05, 0) is 6.92 Å². The SMILES string of the molecule is CC(C#CO)C1=C=CC[CH-]1.[Mn]. The van der Waals surface area contributed by atoms with Crippen LogP contribution in [0.4, 0.5) is 0 Å². The van der Waals surface area contributed by atoms with Crippen molar-refractivity contribution in [3.05, 3.63) is 23.8 Å². The fraction of sp³-hybridized carbons (Fsp3) is 0.333. The molecule has 0 aliphatic heterocycles. The van der Waals surface area contributed by atoms with Gasteiger partial charge in [0.25, 0.3) is 0 Å². The summed E-state index contributed by atoms with van der Waals surface area (Å²) in [6.45, 7) is 1.95. The summed E-state index contributed by atoms with van der Waals surface area (Å²) in [6, 6.07) is 0. The summed E-state index contributed by atoms with van der Waals surface area (Å²) in [6.07, 6.45) is 6.88. The Morgan fingerprint density at radius 2 is 2.55 bits per heavy atom. The summed E-state index contributed by atoms with van der Waals surface area (Å²) < 4.78 is 0. The molecule has 2 heteroatoms. The molecule has 1 radical (unpaired) electrons. The molecular formula is C9H9MnO-. The molecule has 1 atom stereocenters. The van der Waals surface area contributed by atoms with Crippen LogP contribution in [0.1, 0.15) is 13.3 Å². The van der Waals surface area contributed by atoms with Gasteiger partial charge >= 0.3 is 0 Å². The minimum Gasteiger partial charge on any atom is -0.462 e. The van der Waals surface area contributed by atoms with E-state index in [1.54, 1.807) is 0 Å². The predicted molar refractivity (Wildman–Crippen MR) is 39.4 cm³/mol. The van der Waals surface area contributed by atoms with Crippen LogP contribution in [0.15, 0.2) is 17.4 Å². The van der Waals surface area contributed by atoms with Gasteiger partial charge in [-0.25, -0.2) is 6.42 Å². The first-order valence-electron chi connectivity index (χ1n) is 3.27. The quantitative estimate of drug-likeness (QED) is 0.287. The molecule has 0 aromatic rings. The molecule has 0 saturated heterocycles. The first kappa shape index (κ1) is 10.3. The van der Waals surface area contributed by atoms with Crippen molar-refractivity contribution in [3.63, 3.8) is 0 Å². The van der Waals surface area contributed by atoms with Gasteiger partial charge in [-0.2, -0.15) is 11.6 Å². The third kappa shape index (κ3) is 2.78. The van der Waals surface area contributed by atoms with Crippen LogP contribution in [0.25, 0.3) is 0 Å². The van der Waals surface area contributed by atoms with Crippen LogP contribution in [0, 0.1) is 24.4 Å². The Bertz CT molecular complexity index is 238. The van der Waals surface area contributed by atoms with Crippen molar-refractivity contribution in [2.75, 3.05) is 0 Å². The largest absolute Gasteiger partial charge is 0.462 e. The van der Waals surface area contributed by atoms with Crippen LogP contribution >= 0.6 is 0 Å². The Labute approximate surface area is 77.7 Å². The Morgan fingerprint density at radius 3 is 3.00 bits per heavy atom. The zero-order chi connectivity index (χ0) is 7.40. The number of hydrogen-bond acceptors (Lipinski definition) is 1. The average molecular weight is 188 g/mol. The second-order valence-corrected chi connectivity index (χ2v) is 2.22. The minimum atomic E-state index is 0. The topological polar surface area (TPSA) is 20.2 Å². The molecule has 0 fully saturated rings. The molecule has 1 aliphatic rings. The molecule has 11 heavy (non-hydrogen) atoms. The number of allylic oxidation sites excluding steroid dienone is 1. The van der Waals surface area contributed by atoms with Crippen molar-refractivity contribution in [2.45, 2.75) is 13.3 Å². The molecule has 1 unspecified atom stereocenters. The van der Waals surface area contributed by atoms with Gasteiger partial charge < -0.3 is 10.8 Å². The molecule has 1 aliphatic carbocycles. The van der Waals surface area contributed by atoms with Crippen molar-refractivity contribution >= 4 is 0 Å². The van der Waals surface area contributed by atoms with Gasteiger partial charge in [-0.15, -0.1) is 0 Å². The van der Waals surface area contributed by atoms with E-state index in [1.165, 1.54) is 0 Å². The van der Waals surface area contributed by atoms with Crippen LogP contribution in [-0.4, -0.2) is 5.11 Å². The van der Waals surface area contributed by atoms with E-state index in [2.05, 4.69) is 18.1 Å². The average Bonchev–Trinajstić information content (AvgIpc) is 2.38. The van der Waals surface area contributed by atoms with Crippen molar-refractivity contribution in [1.29, 1.82) is 0 Å². The number of aliphatic hydroxyl groups is 1. The summed E-state index contributed by atoms with van der Waals surface area (Å²) >= 11 is 0. The van der Waals surface area contributed by atoms with E-state index >= 15 is 0 Å². The Hall–Kier alpha value is -0.731. The number of rotatable bonds is 1. The second-order valence-electron chi connectivity index (χ2n) is 2.22. The zero-order valence-corrected chi connectivity index (χ0v) is 7.44. The van der Waals surface area contributed by atoms with Gasteiger partial charge in [0, 0.05) is 23.0 Å². The summed E-state index contributed by atoms with van der Waals surface area (Å²) in [4.78, 5) is 0. The van der Waals surface area contributed by atoms with Crippen molar-refractivity contribution < 1.29 is 22.2 Å². The first-order chi connectivity index (χ1) is 4.84. The first-order valence-corrected chi connectivity index (χ1v) is 3.27. The van der Waals surface area contributed by atoms with Crippen LogP contribution in [-0.2, 0) is 17.1 Å². The fourth-order valence-electron chi connectivity index (χ4n) is 0.898. The van der Waals surface area contributed by atoms with Gasteiger partial charge in [0.2, 0.25) is 0 Å². The maximum Gasteiger partial charge on any atom is 0.107 e. The summed E-state index contributed by atoms with van der Waals surface area (Å²) in [7, 11) is 0. The summed E-state index contributed by atoms with van der Waals surface area (Å²) in [5, 5.41) is 8.27. The van der Waals surface area contributed by atoms with Crippen LogP contribution in [0.5, 0.6) is 0 Å². The Kier molecular flexibility index (Phi) is 4.66. The number of aliphatic hydroxyl groups excluding tert-OH is 1. The Morgan fingerprint density at radius 1 is 1.82 bits per heavy atom. The van der Waals surface area contributed by atoms with Gasteiger partial charge in [-0.1, -0.05) is 12.3 Å². The molecule has 1 N–H and O–H groups in total. The smallest absolute Gasteiger partial charge is 0.107 e. The van der Waals surface area contributed by atoms with E-state index in [1.807, 2.05) is 19.1 Å². The predicted octanol–water partition coefficient (Wildman–Crippen LogP) is 1.64. The maximum absolute atomic E-state index is 8.27. The second kappa shape index (κ2) is 4.99. The molecule has 0 aromatic carbocycles. The van der Waals surface area contributed by atoms with Crippen LogP contribution in [0.2, 0.25) is 0 Å². The molecule has 0 heterocycles. The summed E-state index contributed by atoms with van der Waals surface area (Å²) in [5.74, 6) is 2.76. The van der Waals surface area contributed by atoms with E-state index in [-0.39, 0.29) is 23.0 Å². The van der Waals surface area contributed by atoms with Crippen LogP contribution in [0.3, 0.4) is 0 Å². The molecule has 1 rings (SSSR count). The monoisotopic (exact) mass is 188 g/mol. The van der Waals surface area contributed by atoms with E-state index < -0.39 is 0 Å². The van der Waals surface area contributed by atoms with Gasteiger partial charge in [-0.3, -0.25) is 0 Å².